The molecule has 3 N–H and O–H groups in total. The Balaban J connectivity index is 1.84. The van der Waals surface area contributed by atoms with Gasteiger partial charge in [0, 0.05) is 5.56 Å². The maximum absolute atomic E-state index is 10.1. The van der Waals surface area contributed by atoms with Crippen LogP contribution in [0, 0.1) is 12.3 Å². The van der Waals surface area contributed by atoms with E-state index < -0.39 is 12.4 Å². The lowest BCUT2D eigenvalue weighted by Crippen LogP contribution is -2.32. The predicted molar refractivity (Wildman–Crippen MR) is 108 cm³/mol. The van der Waals surface area contributed by atoms with Crippen LogP contribution in [0.5, 0.6) is 5.75 Å². The Morgan fingerprint density at radius 2 is 1.48 bits per heavy atom. The smallest absolute Gasteiger partial charge is 0.178 e. The minimum Gasteiger partial charge on any atom is -0.491 e. The largest absolute Gasteiger partial charge is 0.491 e. The molecule has 4 heteroatoms. The molecule has 2 rings (SSSR count). The summed E-state index contributed by atoms with van der Waals surface area (Å²) in [6, 6.07) is 13.6. The van der Waals surface area contributed by atoms with Crippen molar-refractivity contribution in [2.45, 2.75) is 59.4 Å². The molecule has 0 saturated heterocycles. The van der Waals surface area contributed by atoms with Crippen LogP contribution in [-0.4, -0.2) is 28.0 Å². The third-order valence-corrected chi connectivity index (χ3v) is 4.84. The lowest BCUT2D eigenvalue weighted by atomic mass is 9.90. The number of aliphatic hydroxyl groups is 3. The molecule has 0 fully saturated rings. The van der Waals surface area contributed by atoms with E-state index >= 15 is 0 Å². The van der Waals surface area contributed by atoms with Crippen LogP contribution in [0.1, 0.15) is 55.7 Å². The summed E-state index contributed by atoms with van der Waals surface area (Å²) >= 11 is 0. The van der Waals surface area contributed by atoms with Crippen LogP contribution in [0.25, 0.3) is 0 Å². The Hall–Kier alpha value is -1.88. The summed E-state index contributed by atoms with van der Waals surface area (Å²) in [5.41, 5.74) is 3.85. The van der Waals surface area contributed by atoms with Crippen LogP contribution in [0.3, 0.4) is 0 Å². The molecule has 0 aliphatic heterocycles. The van der Waals surface area contributed by atoms with Crippen molar-refractivity contribution in [1.29, 1.82) is 0 Å². The summed E-state index contributed by atoms with van der Waals surface area (Å²) in [7, 11) is 0. The summed E-state index contributed by atoms with van der Waals surface area (Å²) in [6.07, 6.45) is 1.01. The van der Waals surface area contributed by atoms with Gasteiger partial charge in [0.05, 0.1) is 6.10 Å². The minimum absolute atomic E-state index is 0.193. The van der Waals surface area contributed by atoms with Crippen molar-refractivity contribution in [1.82, 2.24) is 0 Å². The van der Waals surface area contributed by atoms with Crippen LogP contribution < -0.4 is 4.74 Å². The quantitative estimate of drug-likeness (QED) is 0.614. The molecule has 0 aliphatic rings. The van der Waals surface area contributed by atoms with Crippen molar-refractivity contribution in [3.8, 4) is 5.75 Å². The van der Waals surface area contributed by atoms with Gasteiger partial charge < -0.3 is 20.1 Å². The van der Waals surface area contributed by atoms with Gasteiger partial charge in [0.2, 0.25) is 0 Å². The maximum Gasteiger partial charge on any atom is 0.178 e. The van der Waals surface area contributed by atoms with Gasteiger partial charge in [-0.3, -0.25) is 0 Å². The molecule has 0 radical (unpaired) electrons. The van der Waals surface area contributed by atoms with Gasteiger partial charge in [0.1, 0.15) is 12.4 Å². The second-order valence-corrected chi connectivity index (χ2v) is 8.26. The Morgan fingerprint density at radius 3 is 2.04 bits per heavy atom. The topological polar surface area (TPSA) is 69.9 Å². The number of hydrogen-bond donors (Lipinski definition) is 3. The molecule has 0 aromatic heterocycles. The molecule has 0 bridgehead atoms. The second kappa shape index (κ2) is 9.36. The Kier molecular flexibility index (Phi) is 7.42. The number of aliphatic hydroxyl groups excluding tert-OH is 2. The molecule has 2 aromatic rings. The average molecular weight is 373 g/mol. The molecule has 0 heterocycles. The van der Waals surface area contributed by atoms with Crippen molar-refractivity contribution in [3.05, 3.63) is 64.7 Å². The summed E-state index contributed by atoms with van der Waals surface area (Å²) in [5.74, 6) is 0.820. The lowest BCUT2D eigenvalue weighted by molar-refractivity contribution is -0.0424. The van der Waals surface area contributed by atoms with Crippen LogP contribution in [-0.2, 0) is 12.8 Å². The van der Waals surface area contributed by atoms with E-state index in [1.807, 2.05) is 45.9 Å². The summed E-state index contributed by atoms with van der Waals surface area (Å²) in [6.45, 7) is 8.31. The van der Waals surface area contributed by atoms with Gasteiger partial charge >= 0.3 is 0 Å². The normalized spacial score (nSPS) is 13.0. The zero-order valence-electron chi connectivity index (χ0n) is 16.8. The molecule has 2 aromatic carbocycles. The summed E-state index contributed by atoms with van der Waals surface area (Å²) < 4.78 is 5.79. The van der Waals surface area contributed by atoms with Crippen molar-refractivity contribution < 1.29 is 20.1 Å². The third kappa shape index (κ3) is 6.65. The molecular formula is C23H32O4. The summed E-state index contributed by atoms with van der Waals surface area (Å²) in [4.78, 5) is 0. The van der Waals surface area contributed by atoms with Gasteiger partial charge in [-0.1, -0.05) is 57.2 Å². The highest BCUT2D eigenvalue weighted by molar-refractivity contribution is 5.36. The maximum atomic E-state index is 10.1. The van der Waals surface area contributed by atoms with Gasteiger partial charge in [-0.25, -0.2) is 0 Å². The molecule has 0 spiro atoms. The molecule has 1 unspecified atom stereocenters. The first kappa shape index (κ1) is 21.4. The Morgan fingerprint density at radius 1 is 0.889 bits per heavy atom. The first-order chi connectivity index (χ1) is 12.7. The number of rotatable bonds is 8. The number of aryl methyl sites for hydroxylation is 3. The Labute approximate surface area is 162 Å². The van der Waals surface area contributed by atoms with Gasteiger partial charge in [0.15, 0.2) is 6.29 Å². The number of ether oxygens (including phenoxy) is 1. The van der Waals surface area contributed by atoms with Crippen molar-refractivity contribution >= 4 is 0 Å². The fourth-order valence-corrected chi connectivity index (χ4v) is 2.80. The standard InChI is InChI=1S/C23H32O4/c1-16-14-18(10-13-20(16)27-15-21(24)23(2,3)4)7-5-6-17-8-11-19(12-9-17)22(25)26/h8-14,21-22,24-26H,5-7,15H2,1-4H3. The van der Waals surface area contributed by atoms with Crippen molar-refractivity contribution in [2.24, 2.45) is 5.41 Å². The molecule has 27 heavy (non-hydrogen) atoms. The van der Waals surface area contributed by atoms with E-state index in [1.165, 1.54) is 11.1 Å². The number of benzene rings is 2. The van der Waals surface area contributed by atoms with Crippen molar-refractivity contribution in [2.75, 3.05) is 6.61 Å². The first-order valence-electron chi connectivity index (χ1n) is 9.52. The van der Waals surface area contributed by atoms with E-state index in [1.54, 1.807) is 12.1 Å². The van der Waals surface area contributed by atoms with Crippen molar-refractivity contribution in [3.63, 3.8) is 0 Å². The van der Waals surface area contributed by atoms with Crippen LogP contribution in [0.2, 0.25) is 0 Å². The lowest BCUT2D eigenvalue weighted by Gasteiger charge is -2.26. The van der Waals surface area contributed by atoms with Gasteiger partial charge in [-0.05, 0) is 54.4 Å². The van der Waals surface area contributed by atoms with E-state index in [4.69, 9.17) is 14.9 Å². The zero-order valence-corrected chi connectivity index (χ0v) is 16.8. The van der Waals surface area contributed by atoms with E-state index in [2.05, 4.69) is 12.1 Å². The highest BCUT2D eigenvalue weighted by Crippen LogP contribution is 2.24. The average Bonchev–Trinajstić information content (AvgIpc) is 2.60. The minimum atomic E-state index is -1.41. The van der Waals surface area contributed by atoms with E-state index in [0.717, 1.165) is 30.6 Å². The molecule has 0 aliphatic carbocycles. The van der Waals surface area contributed by atoms with E-state index in [-0.39, 0.29) is 5.41 Å². The molecule has 0 saturated carbocycles. The van der Waals surface area contributed by atoms with Gasteiger partial charge in [-0.2, -0.15) is 0 Å². The van der Waals surface area contributed by atoms with E-state index in [9.17, 15) is 5.11 Å². The number of hydrogen-bond acceptors (Lipinski definition) is 4. The third-order valence-electron chi connectivity index (χ3n) is 4.84. The summed E-state index contributed by atoms with van der Waals surface area (Å²) in [5, 5.41) is 28.4. The fraction of sp³-hybridized carbons (Fsp3) is 0.478. The van der Waals surface area contributed by atoms with Gasteiger partial charge in [-0.15, -0.1) is 0 Å². The van der Waals surface area contributed by atoms with Crippen LogP contribution in [0.15, 0.2) is 42.5 Å². The molecule has 148 valence electrons. The monoisotopic (exact) mass is 372 g/mol. The zero-order chi connectivity index (χ0) is 20.0. The molecule has 1 atom stereocenters. The SMILES string of the molecule is Cc1cc(CCCc2ccc(C(O)O)cc2)ccc1OCC(O)C(C)(C)C. The van der Waals surface area contributed by atoms with E-state index in [0.29, 0.717) is 12.2 Å². The molecular weight excluding hydrogens is 340 g/mol. The van der Waals surface area contributed by atoms with Crippen LogP contribution >= 0.6 is 0 Å². The van der Waals surface area contributed by atoms with Crippen LogP contribution in [0.4, 0.5) is 0 Å². The molecule has 0 amide bonds. The second-order valence-electron chi connectivity index (χ2n) is 8.26. The molecule has 4 nitrogen and oxygen atoms in total. The van der Waals surface area contributed by atoms with Gasteiger partial charge in [0.25, 0.3) is 0 Å². The Bertz CT molecular complexity index is 714. The highest BCUT2D eigenvalue weighted by atomic mass is 16.5. The predicted octanol–water partition coefficient (Wildman–Crippen LogP) is 3.94. The fourth-order valence-electron chi connectivity index (χ4n) is 2.80. The first-order valence-corrected chi connectivity index (χ1v) is 9.52. The highest BCUT2D eigenvalue weighted by Gasteiger charge is 2.22.